The van der Waals surface area contributed by atoms with Gasteiger partial charge in [-0.05, 0) is 62.7 Å². The maximum absolute atomic E-state index is 12.9. The summed E-state index contributed by atoms with van der Waals surface area (Å²) in [7, 11) is -3.95. The molecule has 7 nitrogen and oxygen atoms in total. The number of carbonyl (C=O) groups is 2. The summed E-state index contributed by atoms with van der Waals surface area (Å²) in [6.45, 7) is 5.16. The second kappa shape index (κ2) is 10.1. The summed E-state index contributed by atoms with van der Waals surface area (Å²) < 4.78 is 28.3. The van der Waals surface area contributed by atoms with E-state index in [9.17, 15) is 18.0 Å². The number of carbonyl (C=O) groups excluding carboxylic acids is 2. The van der Waals surface area contributed by atoms with Crippen LogP contribution in [-0.2, 0) is 14.8 Å². The monoisotopic (exact) mass is 485 g/mol. The molecule has 3 aromatic rings. The first kappa shape index (κ1) is 24.3. The molecule has 0 aromatic heterocycles. The molecule has 0 aliphatic heterocycles. The lowest BCUT2D eigenvalue weighted by molar-refractivity contribution is -0.115. The van der Waals surface area contributed by atoms with Crippen molar-refractivity contribution in [1.82, 2.24) is 5.32 Å². The van der Waals surface area contributed by atoms with Crippen LogP contribution in [0.4, 0.5) is 11.4 Å². The quantitative estimate of drug-likeness (QED) is 0.460. The average Bonchev–Trinajstić information content (AvgIpc) is 2.74. The maximum atomic E-state index is 12.9. The van der Waals surface area contributed by atoms with Gasteiger partial charge >= 0.3 is 0 Å². The molecule has 3 rings (SSSR count). The molecule has 172 valence electrons. The Labute approximate surface area is 198 Å². The molecule has 3 N–H and O–H groups in total. The zero-order chi connectivity index (χ0) is 24.2. The predicted octanol–water partition coefficient (Wildman–Crippen LogP) is 4.43. The van der Waals surface area contributed by atoms with E-state index in [-0.39, 0.29) is 33.7 Å². The molecule has 9 heteroatoms. The Morgan fingerprint density at radius 3 is 2.24 bits per heavy atom. The summed E-state index contributed by atoms with van der Waals surface area (Å²) >= 11 is 6.06. The Balaban J connectivity index is 1.69. The minimum atomic E-state index is -3.95. The summed E-state index contributed by atoms with van der Waals surface area (Å²) in [5, 5.41) is 5.45. The lowest BCUT2D eigenvalue weighted by atomic mass is 10.1. The average molecular weight is 486 g/mol. The number of sulfonamides is 1. The number of benzene rings is 3. The van der Waals surface area contributed by atoms with E-state index >= 15 is 0 Å². The smallest absolute Gasteiger partial charge is 0.262 e. The number of halogens is 1. The van der Waals surface area contributed by atoms with Gasteiger partial charge in [-0.2, -0.15) is 0 Å². The Morgan fingerprint density at radius 1 is 0.909 bits per heavy atom. The number of hydrogen-bond acceptors (Lipinski definition) is 4. The van der Waals surface area contributed by atoms with Crippen molar-refractivity contribution in [3.8, 4) is 0 Å². The molecule has 0 bridgehead atoms. The number of amides is 2. The van der Waals surface area contributed by atoms with Gasteiger partial charge in [-0.15, -0.1) is 0 Å². The van der Waals surface area contributed by atoms with Crippen LogP contribution in [0.2, 0.25) is 5.02 Å². The first-order valence-corrected chi connectivity index (χ1v) is 12.0. The van der Waals surface area contributed by atoms with Crippen molar-refractivity contribution in [2.45, 2.75) is 25.7 Å². The minimum Gasteiger partial charge on any atom is -0.343 e. The molecular formula is C24H24ClN3O4S. The molecule has 0 spiro atoms. The van der Waals surface area contributed by atoms with Crippen molar-refractivity contribution in [3.63, 3.8) is 0 Å². The topological polar surface area (TPSA) is 104 Å². The van der Waals surface area contributed by atoms with Crippen LogP contribution in [0.3, 0.4) is 0 Å². The highest BCUT2D eigenvalue weighted by Gasteiger charge is 2.19. The number of para-hydroxylation sites is 1. The molecule has 2 amide bonds. The fourth-order valence-electron chi connectivity index (χ4n) is 3.28. The Kier molecular flexibility index (Phi) is 7.40. The fourth-order valence-corrected chi connectivity index (χ4v) is 4.88. The zero-order valence-corrected chi connectivity index (χ0v) is 20.0. The first-order valence-electron chi connectivity index (χ1n) is 10.1. The van der Waals surface area contributed by atoms with E-state index in [4.69, 9.17) is 11.6 Å². The highest BCUT2D eigenvalue weighted by molar-refractivity contribution is 7.92. The standard InChI is InChI=1S/C24H24ClN3O4S/c1-15-10-16(2)12-18(11-15)24(30)26-14-23(29)27-19-9-8-17(3)22(13-19)33(31,32)28-21-7-5-4-6-20(21)25/h4-13,28H,14H2,1-3H3,(H,26,30)(H,27,29). The van der Waals surface area contributed by atoms with Gasteiger partial charge in [0.2, 0.25) is 5.91 Å². The number of aryl methyl sites for hydroxylation is 3. The molecule has 3 aromatic carbocycles. The Morgan fingerprint density at radius 2 is 1.58 bits per heavy atom. The van der Waals surface area contributed by atoms with E-state index in [1.165, 1.54) is 6.07 Å². The van der Waals surface area contributed by atoms with E-state index in [0.29, 0.717) is 11.1 Å². The van der Waals surface area contributed by atoms with Crippen molar-refractivity contribution < 1.29 is 18.0 Å². The third-order valence-corrected chi connectivity index (χ3v) is 6.61. The van der Waals surface area contributed by atoms with Crippen LogP contribution >= 0.6 is 11.6 Å². The van der Waals surface area contributed by atoms with Crippen molar-refractivity contribution in [2.75, 3.05) is 16.6 Å². The van der Waals surface area contributed by atoms with E-state index in [1.807, 2.05) is 19.9 Å². The van der Waals surface area contributed by atoms with Crippen LogP contribution in [0.25, 0.3) is 0 Å². The fraction of sp³-hybridized carbons (Fsp3) is 0.167. The van der Waals surface area contributed by atoms with Gasteiger partial charge in [0.25, 0.3) is 15.9 Å². The summed E-state index contributed by atoms with van der Waals surface area (Å²) in [5.41, 5.74) is 3.39. The molecule has 0 aliphatic carbocycles. The van der Waals surface area contributed by atoms with Gasteiger partial charge in [0.15, 0.2) is 0 Å². The highest BCUT2D eigenvalue weighted by Crippen LogP contribution is 2.26. The van der Waals surface area contributed by atoms with E-state index in [1.54, 1.807) is 55.5 Å². The second-order valence-electron chi connectivity index (χ2n) is 7.67. The SMILES string of the molecule is Cc1cc(C)cc(C(=O)NCC(=O)Nc2ccc(C)c(S(=O)(=O)Nc3ccccc3Cl)c2)c1. The minimum absolute atomic E-state index is 0.000471. The molecule has 0 aliphatic rings. The van der Waals surface area contributed by atoms with Crippen molar-refractivity contribution in [2.24, 2.45) is 0 Å². The highest BCUT2D eigenvalue weighted by atomic mass is 35.5. The van der Waals surface area contributed by atoms with Crippen LogP contribution in [0.5, 0.6) is 0 Å². The van der Waals surface area contributed by atoms with Gasteiger partial charge < -0.3 is 10.6 Å². The molecule has 0 fully saturated rings. The number of anilines is 2. The third-order valence-electron chi connectivity index (χ3n) is 4.77. The van der Waals surface area contributed by atoms with Gasteiger partial charge in [-0.3, -0.25) is 14.3 Å². The second-order valence-corrected chi connectivity index (χ2v) is 9.73. The Bertz CT molecular complexity index is 1300. The molecular weight excluding hydrogens is 462 g/mol. The Hall–Kier alpha value is -3.36. The first-order chi connectivity index (χ1) is 15.5. The number of nitrogens with one attached hydrogen (secondary N) is 3. The number of rotatable bonds is 7. The van der Waals surface area contributed by atoms with Crippen molar-refractivity contribution in [1.29, 1.82) is 0 Å². The summed E-state index contributed by atoms with van der Waals surface area (Å²) in [6, 6.07) is 16.5. The largest absolute Gasteiger partial charge is 0.343 e. The zero-order valence-electron chi connectivity index (χ0n) is 18.4. The molecule has 0 radical (unpaired) electrons. The van der Waals surface area contributed by atoms with Crippen molar-refractivity contribution in [3.05, 3.63) is 87.9 Å². The summed E-state index contributed by atoms with van der Waals surface area (Å²) in [6.07, 6.45) is 0. The van der Waals surface area contributed by atoms with Gasteiger partial charge in [0, 0.05) is 11.3 Å². The lowest BCUT2D eigenvalue weighted by Gasteiger charge is -2.13. The van der Waals surface area contributed by atoms with Crippen LogP contribution in [0, 0.1) is 20.8 Å². The normalized spacial score (nSPS) is 11.0. The summed E-state index contributed by atoms with van der Waals surface area (Å²) in [5.74, 6) is -0.855. The van der Waals surface area contributed by atoms with Crippen LogP contribution in [-0.4, -0.2) is 26.8 Å². The van der Waals surface area contributed by atoms with E-state index in [0.717, 1.165) is 11.1 Å². The van der Waals surface area contributed by atoms with Gasteiger partial charge in [0.05, 0.1) is 22.2 Å². The molecule has 0 heterocycles. The molecule has 0 saturated heterocycles. The summed E-state index contributed by atoms with van der Waals surface area (Å²) in [4.78, 5) is 24.7. The molecule has 33 heavy (non-hydrogen) atoms. The third kappa shape index (κ3) is 6.34. The lowest BCUT2D eigenvalue weighted by Crippen LogP contribution is -2.33. The predicted molar refractivity (Wildman–Crippen MR) is 130 cm³/mol. The van der Waals surface area contributed by atoms with E-state index < -0.39 is 15.9 Å². The van der Waals surface area contributed by atoms with Crippen molar-refractivity contribution >= 4 is 44.8 Å². The molecule has 0 saturated carbocycles. The van der Waals surface area contributed by atoms with E-state index in [2.05, 4.69) is 15.4 Å². The van der Waals surface area contributed by atoms with Gasteiger partial charge in [-0.25, -0.2) is 8.42 Å². The molecule has 0 atom stereocenters. The van der Waals surface area contributed by atoms with Gasteiger partial charge in [0.1, 0.15) is 0 Å². The number of hydrogen-bond donors (Lipinski definition) is 3. The van der Waals surface area contributed by atoms with Crippen LogP contribution in [0.1, 0.15) is 27.0 Å². The molecule has 0 unspecified atom stereocenters. The maximum Gasteiger partial charge on any atom is 0.262 e. The van der Waals surface area contributed by atoms with Crippen LogP contribution < -0.4 is 15.4 Å². The van der Waals surface area contributed by atoms with Gasteiger partial charge in [-0.1, -0.05) is 47.0 Å². The van der Waals surface area contributed by atoms with Crippen LogP contribution in [0.15, 0.2) is 65.6 Å².